The number of benzene rings is 1. The van der Waals surface area contributed by atoms with E-state index in [1.54, 1.807) is 4.90 Å². The second kappa shape index (κ2) is 7.73. The molecule has 0 radical (unpaired) electrons. The maximum atomic E-state index is 13.0. The maximum absolute atomic E-state index is 13.0. The van der Waals surface area contributed by atoms with Crippen LogP contribution in [0.4, 0.5) is 5.69 Å². The van der Waals surface area contributed by atoms with Crippen LogP contribution in [0.25, 0.3) is 0 Å². The lowest BCUT2D eigenvalue weighted by molar-refractivity contribution is -0.136. The molecule has 1 unspecified atom stereocenters. The molecule has 0 bridgehead atoms. The summed E-state index contributed by atoms with van der Waals surface area (Å²) in [5, 5.41) is 8.30. The first-order valence-corrected chi connectivity index (χ1v) is 10.0. The summed E-state index contributed by atoms with van der Waals surface area (Å²) in [5.74, 6) is 1.61. The van der Waals surface area contributed by atoms with Crippen LogP contribution in [-0.2, 0) is 9.59 Å². The van der Waals surface area contributed by atoms with Crippen LogP contribution in [0.15, 0.2) is 34.7 Å². The molecule has 0 saturated carbocycles. The highest BCUT2D eigenvalue weighted by molar-refractivity contribution is 6.00. The van der Waals surface area contributed by atoms with Crippen LogP contribution in [0.5, 0.6) is 0 Å². The van der Waals surface area contributed by atoms with Crippen molar-refractivity contribution in [2.24, 2.45) is 5.92 Å². The number of amides is 2. The van der Waals surface area contributed by atoms with E-state index < -0.39 is 0 Å². The monoisotopic (exact) mass is 382 g/mol. The summed E-state index contributed by atoms with van der Waals surface area (Å²) in [7, 11) is 0. The maximum Gasteiger partial charge on any atom is 0.228 e. The van der Waals surface area contributed by atoms with Crippen molar-refractivity contribution in [3.63, 3.8) is 0 Å². The lowest BCUT2D eigenvalue weighted by Gasteiger charge is -2.32. The number of hydrogen-bond acceptors (Lipinski definition) is 5. The van der Waals surface area contributed by atoms with Crippen molar-refractivity contribution in [1.29, 1.82) is 0 Å². The van der Waals surface area contributed by atoms with Crippen molar-refractivity contribution >= 4 is 17.5 Å². The standard InChI is InChI=1S/C21H26N4O3/c1-14(2)19-22-23-20(28-19)15-8-10-24(11-9-15)21(27)16-12-18(26)25(13-16)17-6-4-3-5-7-17/h3-7,14-16H,8-13H2,1-2H3. The zero-order valence-corrected chi connectivity index (χ0v) is 16.4. The average molecular weight is 382 g/mol. The smallest absolute Gasteiger partial charge is 0.228 e. The van der Waals surface area contributed by atoms with Crippen LogP contribution in [0.3, 0.4) is 0 Å². The lowest BCUT2D eigenvalue weighted by atomic mass is 9.95. The van der Waals surface area contributed by atoms with E-state index in [2.05, 4.69) is 10.2 Å². The molecular formula is C21H26N4O3. The number of nitrogens with zero attached hydrogens (tertiary/aromatic N) is 4. The van der Waals surface area contributed by atoms with Gasteiger partial charge in [-0.3, -0.25) is 9.59 Å². The van der Waals surface area contributed by atoms with Crippen LogP contribution >= 0.6 is 0 Å². The highest BCUT2D eigenvalue weighted by Gasteiger charge is 2.38. The molecule has 2 fully saturated rings. The number of anilines is 1. The van der Waals surface area contributed by atoms with Gasteiger partial charge in [0.2, 0.25) is 23.6 Å². The first-order chi connectivity index (χ1) is 13.5. The normalized spacial score (nSPS) is 21.0. The molecular weight excluding hydrogens is 356 g/mol. The zero-order valence-electron chi connectivity index (χ0n) is 16.4. The molecule has 7 heteroatoms. The van der Waals surface area contributed by atoms with Crippen molar-refractivity contribution in [3.8, 4) is 0 Å². The molecule has 1 aromatic carbocycles. The summed E-state index contributed by atoms with van der Waals surface area (Å²) in [6.07, 6.45) is 1.91. The average Bonchev–Trinajstić information content (AvgIpc) is 3.36. The van der Waals surface area contributed by atoms with Gasteiger partial charge < -0.3 is 14.2 Å². The minimum atomic E-state index is -0.264. The van der Waals surface area contributed by atoms with Gasteiger partial charge in [0.15, 0.2) is 0 Å². The number of carbonyl (C=O) groups excluding carboxylic acids is 2. The minimum absolute atomic E-state index is 0.0199. The van der Waals surface area contributed by atoms with Crippen molar-refractivity contribution < 1.29 is 14.0 Å². The van der Waals surface area contributed by atoms with Gasteiger partial charge in [-0.1, -0.05) is 32.0 Å². The number of piperidine rings is 1. The van der Waals surface area contributed by atoms with Crippen LogP contribution in [0.2, 0.25) is 0 Å². The Bertz CT molecular complexity index is 840. The molecule has 2 aliphatic heterocycles. The molecule has 2 amide bonds. The molecule has 0 aliphatic carbocycles. The second-order valence-electron chi connectivity index (χ2n) is 7.97. The molecule has 4 rings (SSSR count). The highest BCUT2D eigenvalue weighted by atomic mass is 16.4. The van der Waals surface area contributed by atoms with Gasteiger partial charge in [0.25, 0.3) is 0 Å². The third-order valence-electron chi connectivity index (χ3n) is 5.65. The Morgan fingerprint density at radius 2 is 1.86 bits per heavy atom. The third kappa shape index (κ3) is 3.66. The predicted octanol–water partition coefficient (Wildman–Crippen LogP) is 2.95. The van der Waals surface area contributed by atoms with Gasteiger partial charge in [0.05, 0.1) is 5.92 Å². The van der Waals surface area contributed by atoms with Gasteiger partial charge in [-0.2, -0.15) is 0 Å². The van der Waals surface area contributed by atoms with E-state index in [9.17, 15) is 9.59 Å². The van der Waals surface area contributed by atoms with Crippen molar-refractivity contribution in [2.75, 3.05) is 24.5 Å². The van der Waals surface area contributed by atoms with Gasteiger partial charge >= 0.3 is 0 Å². The summed E-state index contributed by atoms with van der Waals surface area (Å²) < 4.78 is 5.78. The fourth-order valence-corrected chi connectivity index (χ4v) is 3.98. The summed E-state index contributed by atoms with van der Waals surface area (Å²) in [6, 6.07) is 9.55. The van der Waals surface area contributed by atoms with E-state index in [0.29, 0.717) is 31.4 Å². The third-order valence-corrected chi connectivity index (χ3v) is 5.65. The van der Waals surface area contributed by atoms with Gasteiger partial charge in [0, 0.05) is 43.6 Å². The van der Waals surface area contributed by atoms with Crippen molar-refractivity contribution in [1.82, 2.24) is 15.1 Å². The van der Waals surface area contributed by atoms with Gasteiger partial charge in [-0.25, -0.2) is 0 Å². The Morgan fingerprint density at radius 3 is 2.50 bits per heavy atom. The predicted molar refractivity (Wildman–Crippen MR) is 104 cm³/mol. The molecule has 2 aliphatic rings. The van der Waals surface area contributed by atoms with Crippen molar-refractivity contribution in [3.05, 3.63) is 42.1 Å². The Hall–Kier alpha value is -2.70. The fraction of sp³-hybridized carbons (Fsp3) is 0.524. The van der Waals surface area contributed by atoms with E-state index >= 15 is 0 Å². The molecule has 3 heterocycles. The van der Waals surface area contributed by atoms with Gasteiger partial charge in [0.1, 0.15) is 0 Å². The lowest BCUT2D eigenvalue weighted by Crippen LogP contribution is -2.42. The molecule has 0 N–H and O–H groups in total. The van der Waals surface area contributed by atoms with Crippen molar-refractivity contribution in [2.45, 2.75) is 44.9 Å². The Kier molecular flexibility index (Phi) is 5.15. The van der Waals surface area contributed by atoms with E-state index in [1.807, 2.05) is 49.1 Å². The van der Waals surface area contributed by atoms with E-state index in [4.69, 9.17) is 4.42 Å². The summed E-state index contributed by atoms with van der Waals surface area (Å²) in [6.45, 7) is 5.85. The molecule has 148 valence electrons. The fourth-order valence-electron chi connectivity index (χ4n) is 3.98. The van der Waals surface area contributed by atoms with Gasteiger partial charge in [-0.05, 0) is 25.0 Å². The molecule has 1 aromatic heterocycles. The van der Waals surface area contributed by atoms with Crippen LogP contribution in [0, 0.1) is 5.92 Å². The summed E-state index contributed by atoms with van der Waals surface area (Å²) >= 11 is 0. The molecule has 7 nitrogen and oxygen atoms in total. The molecule has 2 saturated heterocycles. The Labute approximate surface area is 164 Å². The largest absolute Gasteiger partial charge is 0.425 e. The number of rotatable bonds is 4. The quantitative estimate of drug-likeness (QED) is 0.812. The number of aromatic nitrogens is 2. The van der Waals surface area contributed by atoms with E-state index in [-0.39, 0.29) is 36.0 Å². The van der Waals surface area contributed by atoms with Crippen LogP contribution < -0.4 is 4.90 Å². The summed E-state index contributed by atoms with van der Waals surface area (Å²) in [4.78, 5) is 29.0. The number of para-hydroxylation sites is 1. The first kappa shape index (κ1) is 18.7. The molecule has 28 heavy (non-hydrogen) atoms. The Balaban J connectivity index is 1.34. The summed E-state index contributed by atoms with van der Waals surface area (Å²) in [5.41, 5.74) is 0.860. The van der Waals surface area contributed by atoms with E-state index in [1.165, 1.54) is 0 Å². The molecule has 2 aromatic rings. The SMILES string of the molecule is CC(C)c1nnc(C2CCN(C(=O)C3CC(=O)N(c4ccccc4)C3)CC2)o1. The topological polar surface area (TPSA) is 79.5 Å². The number of hydrogen-bond donors (Lipinski definition) is 0. The molecule has 0 spiro atoms. The minimum Gasteiger partial charge on any atom is -0.425 e. The van der Waals surface area contributed by atoms with E-state index in [0.717, 1.165) is 18.5 Å². The zero-order chi connectivity index (χ0) is 19.7. The van der Waals surface area contributed by atoms with Crippen LogP contribution in [-0.4, -0.2) is 46.5 Å². The second-order valence-corrected chi connectivity index (χ2v) is 7.97. The van der Waals surface area contributed by atoms with Crippen LogP contribution in [0.1, 0.15) is 56.7 Å². The number of likely N-dealkylation sites (tertiary alicyclic amines) is 1. The number of carbonyl (C=O) groups is 2. The first-order valence-electron chi connectivity index (χ1n) is 10.0. The molecule has 1 atom stereocenters. The van der Waals surface area contributed by atoms with Gasteiger partial charge in [-0.15, -0.1) is 10.2 Å². The highest BCUT2D eigenvalue weighted by Crippen LogP contribution is 2.31. The Morgan fingerprint density at radius 1 is 1.14 bits per heavy atom.